The second kappa shape index (κ2) is 4.37. The van der Waals surface area contributed by atoms with Crippen LogP contribution < -0.4 is 0 Å². The molecular weight excluding hydrogens is 235 g/mol. The van der Waals surface area contributed by atoms with E-state index in [0.717, 1.165) is 25.9 Å². The van der Waals surface area contributed by atoms with Crippen molar-refractivity contribution in [2.45, 2.75) is 12.8 Å². The van der Waals surface area contributed by atoms with Crippen molar-refractivity contribution in [1.82, 2.24) is 9.88 Å². The fourth-order valence-electron chi connectivity index (χ4n) is 1.64. The molecule has 1 aliphatic rings. The molecule has 0 N–H and O–H groups in total. The monoisotopic (exact) mass is 244 g/mol. The van der Waals surface area contributed by atoms with Gasteiger partial charge in [-0.2, -0.15) is 0 Å². The zero-order valence-corrected chi connectivity index (χ0v) is 9.55. The van der Waals surface area contributed by atoms with E-state index in [1.807, 2.05) is 0 Å². The molecule has 0 bridgehead atoms. The normalized spacial score (nSPS) is 15.7. The van der Waals surface area contributed by atoms with Crippen LogP contribution in [0, 0.1) is 0 Å². The minimum atomic E-state index is -0.125. The van der Waals surface area contributed by atoms with E-state index in [2.05, 4.69) is 4.98 Å². The summed E-state index contributed by atoms with van der Waals surface area (Å²) in [4.78, 5) is 17.7. The average Bonchev–Trinajstić information content (AvgIpc) is 2.74. The third kappa shape index (κ3) is 2.24. The van der Waals surface area contributed by atoms with Crippen molar-refractivity contribution >= 4 is 29.1 Å². The Hall–Kier alpha value is -0.800. The van der Waals surface area contributed by atoms with Crippen LogP contribution in [0.4, 0.5) is 0 Å². The summed E-state index contributed by atoms with van der Waals surface area (Å²) >= 11 is 11.6. The Kier molecular flexibility index (Phi) is 3.12. The smallest absolute Gasteiger partial charge is 0.274 e. The summed E-state index contributed by atoms with van der Waals surface area (Å²) < 4.78 is 0. The fourth-order valence-corrected chi connectivity index (χ4v) is 1.97. The lowest BCUT2D eigenvalue weighted by molar-refractivity contribution is 0.0787. The number of amides is 1. The number of hydrogen-bond donors (Lipinski definition) is 0. The maximum atomic E-state index is 11.9. The number of aromatic nitrogens is 1. The topological polar surface area (TPSA) is 33.2 Å². The molecule has 0 aromatic carbocycles. The quantitative estimate of drug-likeness (QED) is 0.712. The number of hydrogen-bond acceptors (Lipinski definition) is 2. The van der Waals surface area contributed by atoms with Gasteiger partial charge >= 0.3 is 0 Å². The highest BCUT2D eigenvalue weighted by molar-refractivity contribution is 6.34. The highest BCUT2D eigenvalue weighted by atomic mass is 35.5. The molecule has 2 heterocycles. The van der Waals surface area contributed by atoms with E-state index in [9.17, 15) is 4.79 Å². The van der Waals surface area contributed by atoms with Gasteiger partial charge in [-0.25, -0.2) is 4.98 Å². The van der Waals surface area contributed by atoms with E-state index < -0.39 is 0 Å². The average molecular weight is 245 g/mol. The molecule has 1 aromatic rings. The van der Waals surface area contributed by atoms with Crippen LogP contribution in [0.25, 0.3) is 0 Å². The Morgan fingerprint density at radius 2 is 1.93 bits per heavy atom. The fraction of sp³-hybridized carbons (Fsp3) is 0.400. The van der Waals surface area contributed by atoms with Gasteiger partial charge in [-0.1, -0.05) is 23.2 Å². The Labute approximate surface area is 98.0 Å². The van der Waals surface area contributed by atoms with E-state index in [4.69, 9.17) is 23.2 Å². The van der Waals surface area contributed by atoms with Gasteiger partial charge < -0.3 is 4.90 Å². The third-order valence-corrected chi connectivity index (χ3v) is 2.92. The van der Waals surface area contributed by atoms with Gasteiger partial charge in [0.15, 0.2) is 0 Å². The van der Waals surface area contributed by atoms with Crippen LogP contribution in [-0.2, 0) is 0 Å². The molecule has 0 radical (unpaired) electrons. The first-order chi connectivity index (χ1) is 7.18. The van der Waals surface area contributed by atoms with Crippen molar-refractivity contribution in [3.8, 4) is 0 Å². The van der Waals surface area contributed by atoms with Crippen LogP contribution in [0.2, 0.25) is 10.2 Å². The largest absolute Gasteiger partial charge is 0.337 e. The first-order valence-electron chi connectivity index (χ1n) is 4.80. The van der Waals surface area contributed by atoms with Crippen LogP contribution >= 0.6 is 23.2 Å². The molecule has 80 valence electrons. The Morgan fingerprint density at radius 3 is 2.60 bits per heavy atom. The second-order valence-corrected chi connectivity index (χ2v) is 4.26. The standard InChI is InChI=1S/C10H10Cl2N2O/c11-7-3-4-8(12)13-9(7)10(15)14-5-1-2-6-14/h3-4H,1-2,5-6H2. The van der Waals surface area contributed by atoms with Gasteiger partial charge in [0.25, 0.3) is 5.91 Å². The minimum Gasteiger partial charge on any atom is -0.337 e. The first-order valence-corrected chi connectivity index (χ1v) is 5.55. The van der Waals surface area contributed by atoms with Crippen molar-refractivity contribution in [2.75, 3.05) is 13.1 Å². The summed E-state index contributed by atoms with van der Waals surface area (Å²) in [7, 11) is 0. The lowest BCUT2D eigenvalue weighted by Gasteiger charge is -2.15. The number of carbonyl (C=O) groups is 1. The molecule has 2 rings (SSSR count). The van der Waals surface area contributed by atoms with Crippen LogP contribution in [0.5, 0.6) is 0 Å². The highest BCUT2D eigenvalue weighted by Crippen LogP contribution is 2.20. The molecule has 1 amide bonds. The van der Waals surface area contributed by atoms with Crippen LogP contribution in [0.3, 0.4) is 0 Å². The summed E-state index contributed by atoms with van der Waals surface area (Å²) in [5.41, 5.74) is 0.256. The highest BCUT2D eigenvalue weighted by Gasteiger charge is 2.22. The summed E-state index contributed by atoms with van der Waals surface area (Å²) in [5.74, 6) is -0.125. The summed E-state index contributed by atoms with van der Waals surface area (Å²) in [6.07, 6.45) is 2.09. The molecule has 0 spiro atoms. The number of rotatable bonds is 1. The third-order valence-electron chi connectivity index (χ3n) is 2.41. The lowest BCUT2D eigenvalue weighted by Crippen LogP contribution is -2.28. The van der Waals surface area contributed by atoms with Gasteiger partial charge in [0.05, 0.1) is 5.02 Å². The maximum absolute atomic E-state index is 11.9. The SMILES string of the molecule is O=C(c1nc(Cl)ccc1Cl)N1CCCC1. The Morgan fingerprint density at radius 1 is 1.27 bits per heavy atom. The number of carbonyl (C=O) groups excluding carboxylic acids is 1. The van der Waals surface area contributed by atoms with Crippen molar-refractivity contribution in [3.05, 3.63) is 28.0 Å². The Bertz CT molecular complexity index is 389. The molecule has 3 nitrogen and oxygen atoms in total. The van der Waals surface area contributed by atoms with Gasteiger partial charge in [0.2, 0.25) is 0 Å². The molecule has 0 unspecified atom stereocenters. The van der Waals surface area contributed by atoms with Crippen molar-refractivity contribution in [3.63, 3.8) is 0 Å². The molecule has 1 aliphatic heterocycles. The zero-order valence-electron chi connectivity index (χ0n) is 8.04. The van der Waals surface area contributed by atoms with E-state index in [1.165, 1.54) is 0 Å². The predicted octanol–water partition coefficient (Wildman–Crippen LogP) is 2.62. The van der Waals surface area contributed by atoms with E-state index >= 15 is 0 Å². The van der Waals surface area contributed by atoms with E-state index in [-0.39, 0.29) is 11.6 Å². The molecule has 5 heteroatoms. The molecule has 1 aromatic heterocycles. The number of nitrogens with zero attached hydrogens (tertiary/aromatic N) is 2. The summed E-state index contributed by atoms with van der Waals surface area (Å²) in [6, 6.07) is 3.17. The number of pyridine rings is 1. The van der Waals surface area contributed by atoms with Gasteiger partial charge in [-0.3, -0.25) is 4.79 Å². The number of halogens is 2. The zero-order chi connectivity index (χ0) is 10.8. The molecular formula is C10H10Cl2N2O. The molecule has 0 aliphatic carbocycles. The lowest BCUT2D eigenvalue weighted by atomic mass is 10.3. The van der Waals surface area contributed by atoms with Crippen LogP contribution in [-0.4, -0.2) is 28.9 Å². The van der Waals surface area contributed by atoms with Crippen LogP contribution in [0.15, 0.2) is 12.1 Å². The van der Waals surface area contributed by atoms with E-state index in [1.54, 1.807) is 17.0 Å². The maximum Gasteiger partial charge on any atom is 0.274 e. The second-order valence-electron chi connectivity index (χ2n) is 3.46. The van der Waals surface area contributed by atoms with Crippen LogP contribution in [0.1, 0.15) is 23.3 Å². The molecule has 0 saturated carbocycles. The predicted molar refractivity (Wildman–Crippen MR) is 59.4 cm³/mol. The summed E-state index contributed by atoms with van der Waals surface area (Å²) in [5, 5.41) is 0.651. The molecule has 1 fully saturated rings. The van der Waals surface area contributed by atoms with Gasteiger partial charge in [0, 0.05) is 13.1 Å². The molecule has 1 saturated heterocycles. The van der Waals surface area contributed by atoms with Crippen molar-refractivity contribution in [1.29, 1.82) is 0 Å². The molecule has 15 heavy (non-hydrogen) atoms. The minimum absolute atomic E-state index is 0.125. The summed E-state index contributed by atoms with van der Waals surface area (Å²) in [6.45, 7) is 1.56. The van der Waals surface area contributed by atoms with Gasteiger partial charge in [-0.15, -0.1) is 0 Å². The van der Waals surface area contributed by atoms with E-state index in [0.29, 0.717) is 10.2 Å². The van der Waals surface area contributed by atoms with Gasteiger partial charge in [0.1, 0.15) is 10.8 Å². The first kappa shape index (κ1) is 10.7. The molecule has 0 atom stereocenters. The number of likely N-dealkylation sites (tertiary alicyclic amines) is 1. The van der Waals surface area contributed by atoms with Crippen molar-refractivity contribution in [2.24, 2.45) is 0 Å². The van der Waals surface area contributed by atoms with Gasteiger partial charge in [-0.05, 0) is 25.0 Å². The van der Waals surface area contributed by atoms with Crippen molar-refractivity contribution < 1.29 is 4.79 Å². The Balaban J connectivity index is 2.27.